The summed E-state index contributed by atoms with van der Waals surface area (Å²) in [4.78, 5) is 4.43. The van der Waals surface area contributed by atoms with Crippen LogP contribution in [0.4, 0.5) is 8.78 Å². The number of hydrogen-bond donors (Lipinski definition) is 0. The smallest absolute Gasteiger partial charge is 0.294 e. The van der Waals surface area contributed by atoms with Crippen LogP contribution in [0, 0.1) is 6.07 Å². The fourth-order valence-electron chi connectivity index (χ4n) is 3.48. The molecule has 5 rings (SSSR count). The minimum absolute atomic E-state index is 0. The Labute approximate surface area is 163 Å². The molecular formula is C22H12F2IrN-. The zero-order valence-corrected chi connectivity index (χ0v) is 15.9. The molecule has 0 aliphatic heterocycles. The van der Waals surface area contributed by atoms with Crippen LogP contribution in [0.2, 0.25) is 0 Å². The molecule has 0 fully saturated rings. The molecule has 1 heterocycles. The van der Waals surface area contributed by atoms with Crippen LogP contribution in [-0.2, 0) is 26.0 Å². The van der Waals surface area contributed by atoms with Gasteiger partial charge in [0, 0.05) is 48.7 Å². The molecule has 1 aliphatic carbocycles. The average Bonchev–Trinajstić information content (AvgIpc) is 2.89. The first-order valence-corrected chi connectivity index (χ1v) is 8.04. The number of fused-ring (bicyclic) bond motifs is 4. The molecule has 0 unspecified atom stereocenters. The Morgan fingerprint density at radius 1 is 0.808 bits per heavy atom. The van der Waals surface area contributed by atoms with Crippen molar-refractivity contribution in [2.45, 2.75) is 5.92 Å². The zero-order valence-electron chi connectivity index (χ0n) is 13.5. The molecule has 0 bridgehead atoms. The van der Waals surface area contributed by atoms with Gasteiger partial charge in [-0.2, -0.15) is 8.78 Å². The van der Waals surface area contributed by atoms with E-state index < -0.39 is 5.92 Å². The molecule has 4 aromatic rings. The third-order valence-corrected chi connectivity index (χ3v) is 4.73. The first kappa shape index (κ1) is 17.0. The summed E-state index contributed by atoms with van der Waals surface area (Å²) in [5, 5.41) is 2.00. The Morgan fingerprint density at radius 2 is 1.58 bits per heavy atom. The second-order valence-corrected chi connectivity index (χ2v) is 6.19. The van der Waals surface area contributed by atoms with Crippen molar-refractivity contribution in [3.8, 4) is 22.4 Å². The standard InChI is InChI=1S/C22H12F2N.Ir/c23-22(24)19-8-4-3-7-17(19)18-13-25-21(12-20(18)22)16-10-9-14-5-1-2-6-15(14)11-16;/h1-10,12-13H;/q-1;. The molecule has 1 radical (unpaired) electrons. The van der Waals surface area contributed by atoms with Gasteiger partial charge in [-0.3, -0.25) is 4.98 Å². The molecule has 4 heteroatoms. The van der Waals surface area contributed by atoms with E-state index in [4.69, 9.17) is 0 Å². The van der Waals surface area contributed by atoms with Crippen molar-refractivity contribution in [2.75, 3.05) is 0 Å². The van der Waals surface area contributed by atoms with Crippen LogP contribution in [0.15, 0.2) is 72.9 Å². The van der Waals surface area contributed by atoms with E-state index >= 15 is 0 Å². The molecule has 1 nitrogen and oxygen atoms in total. The number of benzene rings is 3. The second kappa shape index (κ2) is 6.08. The monoisotopic (exact) mass is 521 g/mol. The zero-order chi connectivity index (χ0) is 17.0. The first-order chi connectivity index (χ1) is 12.1. The van der Waals surface area contributed by atoms with Crippen LogP contribution in [0.3, 0.4) is 0 Å². The molecule has 0 amide bonds. The summed E-state index contributed by atoms with van der Waals surface area (Å²) in [7, 11) is 0. The van der Waals surface area contributed by atoms with E-state index in [1.54, 1.807) is 24.4 Å². The van der Waals surface area contributed by atoms with Gasteiger partial charge in [-0.05, 0) is 5.56 Å². The van der Waals surface area contributed by atoms with Gasteiger partial charge in [-0.1, -0.05) is 59.5 Å². The minimum Gasteiger partial charge on any atom is -0.294 e. The fraction of sp³-hybridized carbons (Fsp3) is 0.0455. The predicted molar refractivity (Wildman–Crippen MR) is 94.4 cm³/mol. The van der Waals surface area contributed by atoms with Crippen molar-refractivity contribution in [3.05, 3.63) is 90.1 Å². The normalized spacial score (nSPS) is 13.8. The number of alkyl halides is 2. The number of halogens is 2. The largest absolute Gasteiger partial charge is 0.299 e. The van der Waals surface area contributed by atoms with Crippen LogP contribution in [-0.4, -0.2) is 4.98 Å². The van der Waals surface area contributed by atoms with E-state index in [1.807, 2.05) is 36.4 Å². The van der Waals surface area contributed by atoms with Gasteiger partial charge in [0.1, 0.15) is 0 Å². The van der Waals surface area contributed by atoms with E-state index in [0.29, 0.717) is 22.4 Å². The molecule has 0 saturated heterocycles. The number of rotatable bonds is 1. The van der Waals surface area contributed by atoms with E-state index in [2.05, 4.69) is 11.1 Å². The molecule has 0 atom stereocenters. The number of nitrogens with zero attached hydrogens (tertiary/aromatic N) is 1. The van der Waals surface area contributed by atoms with Gasteiger partial charge < -0.3 is 0 Å². The van der Waals surface area contributed by atoms with Crippen molar-refractivity contribution in [2.24, 2.45) is 0 Å². The third kappa shape index (κ3) is 2.41. The molecular weight excluding hydrogens is 508 g/mol. The summed E-state index contributed by atoms with van der Waals surface area (Å²) in [6.07, 6.45) is 1.55. The SMILES string of the molecule is FC1(F)c2ccccc2-c2cnc(-c3[c-]c4ccccc4cc3)cc21.[Ir]. The van der Waals surface area contributed by atoms with Crippen LogP contribution < -0.4 is 0 Å². The summed E-state index contributed by atoms with van der Waals surface area (Å²) in [5.74, 6) is -3.00. The Kier molecular flexibility index (Phi) is 3.98. The van der Waals surface area contributed by atoms with Crippen LogP contribution in [0.1, 0.15) is 11.1 Å². The predicted octanol–water partition coefficient (Wildman–Crippen LogP) is 5.82. The van der Waals surface area contributed by atoms with E-state index in [9.17, 15) is 8.78 Å². The number of pyridine rings is 1. The second-order valence-electron chi connectivity index (χ2n) is 6.19. The minimum atomic E-state index is -3.00. The van der Waals surface area contributed by atoms with Crippen molar-refractivity contribution in [3.63, 3.8) is 0 Å². The van der Waals surface area contributed by atoms with Crippen LogP contribution in [0.5, 0.6) is 0 Å². The summed E-state index contributed by atoms with van der Waals surface area (Å²) in [6.45, 7) is 0. The molecule has 26 heavy (non-hydrogen) atoms. The van der Waals surface area contributed by atoms with Gasteiger partial charge in [-0.15, -0.1) is 29.7 Å². The molecule has 3 aromatic carbocycles. The number of aromatic nitrogens is 1. The van der Waals surface area contributed by atoms with Crippen molar-refractivity contribution < 1.29 is 28.9 Å². The van der Waals surface area contributed by atoms with Crippen LogP contribution in [0.25, 0.3) is 33.2 Å². The van der Waals surface area contributed by atoms with Gasteiger partial charge in [0.15, 0.2) is 0 Å². The topological polar surface area (TPSA) is 12.9 Å². The summed E-state index contributed by atoms with van der Waals surface area (Å²) >= 11 is 0. The van der Waals surface area contributed by atoms with Gasteiger partial charge in [0.2, 0.25) is 0 Å². The molecule has 0 spiro atoms. The molecule has 1 aromatic heterocycles. The quantitative estimate of drug-likeness (QED) is 0.288. The van der Waals surface area contributed by atoms with Gasteiger partial charge in [0.25, 0.3) is 5.92 Å². The molecule has 0 saturated carbocycles. The maximum atomic E-state index is 14.8. The first-order valence-electron chi connectivity index (χ1n) is 8.04. The Balaban J connectivity index is 0.00000168. The number of hydrogen-bond acceptors (Lipinski definition) is 1. The van der Waals surface area contributed by atoms with Crippen molar-refractivity contribution >= 4 is 10.8 Å². The van der Waals surface area contributed by atoms with Crippen molar-refractivity contribution in [1.82, 2.24) is 4.98 Å². The van der Waals surface area contributed by atoms with E-state index in [1.165, 1.54) is 12.1 Å². The summed E-state index contributed by atoms with van der Waals surface area (Å²) < 4.78 is 29.7. The Hall–Kier alpha value is -2.42. The van der Waals surface area contributed by atoms with E-state index in [-0.39, 0.29) is 31.2 Å². The average molecular weight is 521 g/mol. The molecule has 1 aliphatic rings. The molecule has 129 valence electrons. The van der Waals surface area contributed by atoms with Crippen LogP contribution >= 0.6 is 0 Å². The maximum Gasteiger partial charge on any atom is 0.299 e. The Morgan fingerprint density at radius 3 is 2.46 bits per heavy atom. The molecule has 0 N–H and O–H groups in total. The Bertz CT molecular complexity index is 1140. The summed E-state index contributed by atoms with van der Waals surface area (Å²) in [6, 6.07) is 23.1. The third-order valence-electron chi connectivity index (χ3n) is 4.73. The fourth-order valence-corrected chi connectivity index (χ4v) is 3.48. The van der Waals surface area contributed by atoms with E-state index in [0.717, 1.165) is 10.8 Å². The summed E-state index contributed by atoms with van der Waals surface area (Å²) in [5.41, 5.74) is 2.35. The maximum absolute atomic E-state index is 14.8. The van der Waals surface area contributed by atoms with Gasteiger partial charge in [-0.25, -0.2) is 0 Å². The van der Waals surface area contributed by atoms with Gasteiger partial charge >= 0.3 is 0 Å². The van der Waals surface area contributed by atoms with Gasteiger partial charge in [0.05, 0.1) is 0 Å². The van der Waals surface area contributed by atoms with Crippen molar-refractivity contribution in [1.29, 1.82) is 0 Å².